The Labute approximate surface area is 91.0 Å². The Kier molecular flexibility index (Phi) is 7.20. The molecule has 0 aliphatic heterocycles. The monoisotopic (exact) mass is 216 g/mol. The quantitative estimate of drug-likeness (QED) is 0.539. The largest absolute Gasteiger partial charge is 1.00 e. The number of hydrogen-bond donors (Lipinski definition) is 2. The highest BCUT2D eigenvalue weighted by molar-refractivity contribution is 5.20. The first-order valence-corrected chi connectivity index (χ1v) is 4.57. The van der Waals surface area contributed by atoms with Crippen molar-refractivity contribution < 1.29 is 23.0 Å². The van der Waals surface area contributed by atoms with Gasteiger partial charge in [0, 0.05) is 0 Å². The van der Waals surface area contributed by atoms with Crippen LogP contribution in [0.5, 0.6) is 5.75 Å². The number of para-hydroxylation sites is 1. The highest BCUT2D eigenvalue weighted by Gasteiger charge is 2.05. The lowest BCUT2D eigenvalue weighted by atomic mass is 10.2. The van der Waals surface area contributed by atoms with Crippen molar-refractivity contribution in [2.24, 2.45) is 0 Å². The lowest BCUT2D eigenvalue weighted by Crippen LogP contribution is -3.00. The molecule has 0 aliphatic carbocycles. The van der Waals surface area contributed by atoms with Crippen molar-refractivity contribution in [2.75, 3.05) is 6.61 Å². The highest BCUT2D eigenvalue weighted by Crippen LogP contribution is 2.08. The number of rotatable bonds is 5. The van der Waals surface area contributed by atoms with Crippen molar-refractivity contribution in [1.29, 1.82) is 0 Å². The number of halogens is 1. The van der Waals surface area contributed by atoms with Gasteiger partial charge in [-0.2, -0.15) is 5.43 Å². The lowest BCUT2D eigenvalue weighted by Gasteiger charge is -2.12. The first kappa shape index (κ1) is 13.2. The number of nitrogens with one attached hydrogen (secondary N) is 1. The normalized spacial score (nSPS) is 11.6. The molecule has 0 saturated carbocycles. The molecule has 1 aromatic rings. The van der Waals surface area contributed by atoms with Crippen molar-refractivity contribution >= 4 is 0 Å². The third-order valence-corrected chi connectivity index (χ3v) is 1.98. The van der Waals surface area contributed by atoms with E-state index in [0.29, 0.717) is 12.6 Å². The molecule has 0 spiro atoms. The van der Waals surface area contributed by atoms with E-state index >= 15 is 0 Å². The van der Waals surface area contributed by atoms with Gasteiger partial charge in [-0.15, -0.1) is 0 Å². The van der Waals surface area contributed by atoms with Gasteiger partial charge in [0.05, 0.1) is 6.04 Å². The molecule has 0 bridgehead atoms. The molecule has 4 heteroatoms. The third-order valence-electron chi connectivity index (χ3n) is 1.98. The molecule has 1 rings (SSSR count). The number of ether oxygens (including phenoxy) is 1. The van der Waals surface area contributed by atoms with E-state index in [2.05, 4.69) is 18.2 Å². The van der Waals surface area contributed by atoms with Crippen LogP contribution in [-0.4, -0.2) is 12.6 Å². The molecule has 3 nitrogen and oxygen atoms in total. The Bertz CT molecular complexity index is 227. The summed E-state index contributed by atoms with van der Waals surface area (Å²) in [4.78, 5) is 0. The average molecular weight is 217 g/mol. The summed E-state index contributed by atoms with van der Waals surface area (Å²) in [5.41, 5.74) is 2.95. The summed E-state index contributed by atoms with van der Waals surface area (Å²) in [5, 5.41) is 0. The van der Waals surface area contributed by atoms with E-state index in [-0.39, 0.29) is 12.4 Å². The molecule has 80 valence electrons. The van der Waals surface area contributed by atoms with E-state index in [1.807, 2.05) is 30.3 Å². The zero-order valence-corrected chi connectivity index (χ0v) is 9.13. The topological polar surface area (TPSA) is 48.9 Å². The van der Waals surface area contributed by atoms with Crippen LogP contribution in [-0.2, 0) is 0 Å². The fourth-order valence-electron chi connectivity index (χ4n) is 1.03. The van der Waals surface area contributed by atoms with Crippen LogP contribution in [0.15, 0.2) is 30.3 Å². The fraction of sp³-hybridized carbons (Fsp3) is 0.400. The molecule has 0 fully saturated rings. The van der Waals surface area contributed by atoms with E-state index in [1.165, 1.54) is 0 Å². The molecule has 0 amide bonds. The van der Waals surface area contributed by atoms with E-state index in [1.54, 1.807) is 0 Å². The maximum atomic E-state index is 5.55. The van der Waals surface area contributed by atoms with Gasteiger partial charge in [-0.25, -0.2) is 0 Å². The van der Waals surface area contributed by atoms with Crippen molar-refractivity contribution in [3.8, 4) is 5.75 Å². The Balaban J connectivity index is 0.00000169. The van der Waals surface area contributed by atoms with Gasteiger partial charge < -0.3 is 17.1 Å². The van der Waals surface area contributed by atoms with Gasteiger partial charge in [0.25, 0.3) is 0 Å². The van der Waals surface area contributed by atoms with Crippen molar-refractivity contribution in [3.05, 3.63) is 30.3 Å². The molecule has 0 aliphatic rings. The van der Waals surface area contributed by atoms with E-state index in [9.17, 15) is 0 Å². The Hall–Kier alpha value is -0.770. The van der Waals surface area contributed by atoms with E-state index < -0.39 is 0 Å². The smallest absolute Gasteiger partial charge is 0.119 e. The van der Waals surface area contributed by atoms with E-state index in [0.717, 1.165) is 12.2 Å². The Morgan fingerprint density at radius 1 is 1.36 bits per heavy atom. The predicted molar refractivity (Wildman–Crippen MR) is 52.0 cm³/mol. The molecule has 0 radical (unpaired) electrons. The number of benzene rings is 1. The van der Waals surface area contributed by atoms with Gasteiger partial charge in [0.2, 0.25) is 0 Å². The Morgan fingerprint density at radius 2 is 2.00 bits per heavy atom. The zero-order valence-electron chi connectivity index (χ0n) is 8.37. The summed E-state index contributed by atoms with van der Waals surface area (Å²) in [6.07, 6.45) is 1.02. The molecular formula is C10H17ClN2O. The van der Waals surface area contributed by atoms with Crippen LogP contribution >= 0.6 is 0 Å². The molecule has 0 aromatic heterocycles. The average Bonchev–Trinajstić information content (AvgIpc) is 2.21. The molecule has 1 aromatic carbocycles. The van der Waals surface area contributed by atoms with Gasteiger partial charge >= 0.3 is 0 Å². The van der Waals surface area contributed by atoms with Gasteiger partial charge in [-0.3, -0.25) is 5.84 Å². The first-order valence-electron chi connectivity index (χ1n) is 4.57. The summed E-state index contributed by atoms with van der Waals surface area (Å²) in [6.45, 7) is 2.78. The third kappa shape index (κ3) is 4.46. The molecule has 4 N–H and O–H groups in total. The summed E-state index contributed by atoms with van der Waals surface area (Å²) in [7, 11) is 0. The van der Waals surface area contributed by atoms with Crippen LogP contribution in [0.3, 0.4) is 0 Å². The number of hydrogen-bond acceptors (Lipinski definition) is 2. The summed E-state index contributed by atoms with van der Waals surface area (Å²) < 4.78 is 5.55. The van der Waals surface area contributed by atoms with Crippen LogP contribution in [0.2, 0.25) is 0 Å². The molecule has 0 heterocycles. The second kappa shape index (κ2) is 7.62. The molecule has 14 heavy (non-hydrogen) atoms. The van der Waals surface area contributed by atoms with Crippen LogP contribution < -0.4 is 28.4 Å². The maximum Gasteiger partial charge on any atom is 0.119 e. The van der Waals surface area contributed by atoms with Crippen LogP contribution in [0, 0.1) is 0 Å². The minimum atomic E-state index is 0. The standard InChI is InChI=1S/C10H16N2O.ClH/c1-2-9(12-11)8-13-10-6-4-3-5-7-10;/h3-7,9,12H,2,8,11H2,1H3;1H. The zero-order chi connectivity index (χ0) is 9.52. The first-order chi connectivity index (χ1) is 6.36. The van der Waals surface area contributed by atoms with Crippen LogP contribution in [0.25, 0.3) is 0 Å². The predicted octanol–water partition coefficient (Wildman–Crippen LogP) is -2.41. The number of quaternary nitrogens is 1. The van der Waals surface area contributed by atoms with Crippen molar-refractivity contribution in [1.82, 2.24) is 5.43 Å². The van der Waals surface area contributed by atoms with E-state index in [4.69, 9.17) is 4.74 Å². The van der Waals surface area contributed by atoms with Gasteiger partial charge in [-0.05, 0) is 18.6 Å². The minimum absolute atomic E-state index is 0. The van der Waals surface area contributed by atoms with Crippen molar-refractivity contribution in [3.63, 3.8) is 0 Å². The summed E-state index contributed by atoms with van der Waals surface area (Å²) >= 11 is 0. The SMILES string of the molecule is CCC(COc1ccccc1)N[NH3+].[Cl-]. The summed E-state index contributed by atoms with van der Waals surface area (Å²) in [5.74, 6) is 4.55. The molecule has 0 saturated heterocycles. The van der Waals surface area contributed by atoms with Gasteiger partial charge in [0.1, 0.15) is 12.4 Å². The second-order valence-electron chi connectivity index (χ2n) is 2.93. The van der Waals surface area contributed by atoms with Crippen molar-refractivity contribution in [2.45, 2.75) is 19.4 Å². The molecular weight excluding hydrogens is 200 g/mol. The van der Waals surface area contributed by atoms with Gasteiger partial charge in [-0.1, -0.05) is 25.1 Å². The lowest BCUT2D eigenvalue weighted by molar-refractivity contribution is -0.452. The maximum absolute atomic E-state index is 5.55. The highest BCUT2D eigenvalue weighted by atomic mass is 35.5. The minimum Gasteiger partial charge on any atom is -1.00 e. The van der Waals surface area contributed by atoms with Crippen LogP contribution in [0.4, 0.5) is 0 Å². The Morgan fingerprint density at radius 3 is 2.50 bits per heavy atom. The molecule has 1 atom stereocenters. The fourth-order valence-corrected chi connectivity index (χ4v) is 1.03. The summed E-state index contributed by atoms with van der Waals surface area (Å²) in [6, 6.07) is 10.2. The van der Waals surface area contributed by atoms with Crippen LogP contribution in [0.1, 0.15) is 13.3 Å². The molecule has 1 unspecified atom stereocenters. The van der Waals surface area contributed by atoms with Gasteiger partial charge in [0.15, 0.2) is 0 Å². The second-order valence-corrected chi connectivity index (χ2v) is 2.93.